The van der Waals surface area contributed by atoms with Crippen LogP contribution in [0.15, 0.2) is 30.3 Å². The molecule has 82 valence electrons. The van der Waals surface area contributed by atoms with Crippen molar-refractivity contribution in [1.29, 1.82) is 0 Å². The molecule has 1 aromatic rings. The Bertz CT molecular complexity index is 317. The quantitative estimate of drug-likeness (QED) is 0.584. The molecule has 0 saturated heterocycles. The number of rotatable bonds is 2. The standard InChI is InChI=1S/C8H8O3.CH2O3/c9-7(8(10)11)6-4-2-1-3-5-6;2-1(3)4/h1-5,7,9H,(H,10,11);(H2,2,3,4)/t7-;/m1./s1. The summed E-state index contributed by atoms with van der Waals surface area (Å²) in [5.41, 5.74) is 0.403. The molecular formula is C9H10O6. The number of benzene rings is 1. The van der Waals surface area contributed by atoms with Crippen molar-refractivity contribution < 1.29 is 30.0 Å². The van der Waals surface area contributed by atoms with Crippen molar-refractivity contribution in [2.24, 2.45) is 0 Å². The van der Waals surface area contributed by atoms with Gasteiger partial charge in [0.15, 0.2) is 6.10 Å². The third kappa shape index (κ3) is 6.05. The van der Waals surface area contributed by atoms with E-state index in [1.54, 1.807) is 30.3 Å². The minimum Gasteiger partial charge on any atom is -0.479 e. The number of aliphatic carboxylic acids is 1. The predicted molar refractivity (Wildman–Crippen MR) is 49.7 cm³/mol. The van der Waals surface area contributed by atoms with Gasteiger partial charge in [-0.2, -0.15) is 0 Å². The maximum atomic E-state index is 10.2. The van der Waals surface area contributed by atoms with Crippen LogP contribution in [-0.4, -0.2) is 32.6 Å². The summed E-state index contributed by atoms with van der Waals surface area (Å²) in [5, 5.41) is 31.3. The third-order valence-corrected chi connectivity index (χ3v) is 1.35. The van der Waals surface area contributed by atoms with Crippen LogP contribution in [0.5, 0.6) is 0 Å². The van der Waals surface area contributed by atoms with Crippen molar-refractivity contribution in [3.05, 3.63) is 35.9 Å². The highest BCUT2D eigenvalue weighted by Crippen LogP contribution is 2.10. The van der Waals surface area contributed by atoms with Crippen molar-refractivity contribution in [3.63, 3.8) is 0 Å². The van der Waals surface area contributed by atoms with E-state index < -0.39 is 18.2 Å². The smallest absolute Gasteiger partial charge is 0.479 e. The molecule has 0 saturated carbocycles. The van der Waals surface area contributed by atoms with Gasteiger partial charge in [0, 0.05) is 0 Å². The molecule has 0 aliphatic heterocycles. The average molecular weight is 214 g/mol. The van der Waals surface area contributed by atoms with Gasteiger partial charge in [0.05, 0.1) is 0 Å². The molecule has 0 amide bonds. The minimum absolute atomic E-state index is 0.403. The average Bonchev–Trinajstić information content (AvgIpc) is 2.17. The van der Waals surface area contributed by atoms with Gasteiger partial charge in [-0.05, 0) is 5.56 Å². The van der Waals surface area contributed by atoms with Gasteiger partial charge in [0.1, 0.15) is 0 Å². The van der Waals surface area contributed by atoms with Gasteiger partial charge in [-0.15, -0.1) is 0 Å². The van der Waals surface area contributed by atoms with Gasteiger partial charge in [-0.3, -0.25) is 0 Å². The van der Waals surface area contributed by atoms with Crippen LogP contribution < -0.4 is 0 Å². The molecule has 6 nitrogen and oxygen atoms in total. The summed E-state index contributed by atoms with van der Waals surface area (Å²) in [4.78, 5) is 18.8. The van der Waals surface area contributed by atoms with Crippen LogP contribution in [0.3, 0.4) is 0 Å². The molecule has 0 aliphatic carbocycles. The van der Waals surface area contributed by atoms with Gasteiger partial charge in [-0.25, -0.2) is 9.59 Å². The fourth-order valence-electron chi connectivity index (χ4n) is 0.778. The Labute approximate surface area is 85.0 Å². The zero-order valence-electron chi connectivity index (χ0n) is 7.57. The number of hydrogen-bond donors (Lipinski definition) is 4. The molecule has 4 N–H and O–H groups in total. The molecule has 6 heteroatoms. The third-order valence-electron chi connectivity index (χ3n) is 1.35. The highest BCUT2D eigenvalue weighted by molar-refractivity contribution is 5.73. The van der Waals surface area contributed by atoms with Crippen LogP contribution >= 0.6 is 0 Å². The Balaban J connectivity index is 0.000000423. The van der Waals surface area contributed by atoms with Crippen LogP contribution in [-0.2, 0) is 4.79 Å². The second kappa shape index (κ2) is 6.39. The maximum Gasteiger partial charge on any atom is 0.503 e. The van der Waals surface area contributed by atoms with Gasteiger partial charge < -0.3 is 20.4 Å². The molecule has 0 aliphatic rings. The lowest BCUT2D eigenvalue weighted by Gasteiger charge is -2.03. The number of carbonyl (C=O) groups is 2. The summed E-state index contributed by atoms with van der Waals surface area (Å²) in [6.45, 7) is 0. The van der Waals surface area contributed by atoms with Crippen molar-refractivity contribution >= 4 is 12.1 Å². The van der Waals surface area contributed by atoms with Crippen molar-refractivity contribution in [2.45, 2.75) is 6.10 Å². The van der Waals surface area contributed by atoms with E-state index in [-0.39, 0.29) is 0 Å². The first-order valence-corrected chi connectivity index (χ1v) is 3.83. The Morgan fingerprint density at radius 2 is 1.40 bits per heavy atom. The zero-order valence-corrected chi connectivity index (χ0v) is 7.57. The molecule has 0 unspecified atom stereocenters. The second-order valence-electron chi connectivity index (χ2n) is 2.43. The molecule has 0 fully saturated rings. The normalized spacial score (nSPS) is 10.7. The lowest BCUT2D eigenvalue weighted by atomic mass is 10.1. The summed E-state index contributed by atoms with van der Waals surface area (Å²) >= 11 is 0. The van der Waals surface area contributed by atoms with Crippen LogP contribution in [0.4, 0.5) is 4.79 Å². The zero-order chi connectivity index (χ0) is 11.8. The summed E-state index contributed by atoms with van der Waals surface area (Å²) < 4.78 is 0. The van der Waals surface area contributed by atoms with Crippen LogP contribution in [0, 0.1) is 0 Å². The molecular weight excluding hydrogens is 204 g/mol. The van der Waals surface area contributed by atoms with E-state index in [0.717, 1.165) is 0 Å². The van der Waals surface area contributed by atoms with Gasteiger partial charge in [-0.1, -0.05) is 30.3 Å². The molecule has 1 rings (SSSR count). The van der Waals surface area contributed by atoms with Crippen molar-refractivity contribution in [3.8, 4) is 0 Å². The van der Waals surface area contributed by atoms with Gasteiger partial charge >= 0.3 is 12.1 Å². The van der Waals surface area contributed by atoms with Crippen LogP contribution in [0.1, 0.15) is 11.7 Å². The van der Waals surface area contributed by atoms with Crippen molar-refractivity contribution in [1.82, 2.24) is 0 Å². The van der Waals surface area contributed by atoms with E-state index in [9.17, 15) is 4.79 Å². The largest absolute Gasteiger partial charge is 0.503 e. The Morgan fingerprint density at radius 3 is 1.73 bits per heavy atom. The first-order valence-electron chi connectivity index (χ1n) is 3.83. The molecule has 0 radical (unpaired) electrons. The van der Waals surface area contributed by atoms with Crippen molar-refractivity contribution in [2.75, 3.05) is 0 Å². The Morgan fingerprint density at radius 1 is 1.00 bits per heavy atom. The molecule has 0 bridgehead atoms. The molecule has 1 atom stereocenters. The van der Waals surface area contributed by atoms with E-state index in [0.29, 0.717) is 5.56 Å². The lowest BCUT2D eigenvalue weighted by Crippen LogP contribution is -2.09. The summed E-state index contributed by atoms with van der Waals surface area (Å²) in [6, 6.07) is 8.26. The number of carboxylic acid groups (broad SMARTS) is 3. The van der Waals surface area contributed by atoms with Crippen LogP contribution in [0.2, 0.25) is 0 Å². The molecule has 0 spiro atoms. The van der Waals surface area contributed by atoms with Crippen LogP contribution in [0.25, 0.3) is 0 Å². The highest BCUT2D eigenvalue weighted by atomic mass is 16.6. The topological polar surface area (TPSA) is 115 Å². The SMILES string of the molecule is O=C(O)O.O=C(O)[C@H](O)c1ccccc1. The van der Waals surface area contributed by atoms with E-state index >= 15 is 0 Å². The fourth-order valence-corrected chi connectivity index (χ4v) is 0.778. The van der Waals surface area contributed by atoms with E-state index in [4.69, 9.17) is 25.2 Å². The summed E-state index contributed by atoms with van der Waals surface area (Å²) in [6.07, 6.45) is -3.24. The molecule has 15 heavy (non-hydrogen) atoms. The monoisotopic (exact) mass is 214 g/mol. The number of aliphatic hydroxyl groups is 1. The fraction of sp³-hybridized carbons (Fsp3) is 0.111. The summed E-state index contributed by atoms with van der Waals surface area (Å²) in [5.74, 6) is -1.23. The van der Waals surface area contributed by atoms with E-state index in [2.05, 4.69) is 0 Å². The maximum absolute atomic E-state index is 10.2. The Hall–Kier alpha value is -2.08. The first kappa shape index (κ1) is 12.9. The first-order chi connectivity index (χ1) is 6.95. The summed E-state index contributed by atoms with van der Waals surface area (Å²) in [7, 11) is 0. The molecule has 1 aromatic carbocycles. The number of carboxylic acids is 1. The predicted octanol–water partition coefficient (Wildman–Crippen LogP) is 1.03. The molecule has 0 aromatic heterocycles. The lowest BCUT2D eigenvalue weighted by molar-refractivity contribution is -0.146. The second-order valence-corrected chi connectivity index (χ2v) is 2.43. The Kier molecular flexibility index (Phi) is 5.50. The van der Waals surface area contributed by atoms with E-state index in [1.165, 1.54) is 0 Å². The molecule has 0 heterocycles. The number of hydrogen-bond acceptors (Lipinski definition) is 3. The highest BCUT2D eigenvalue weighted by Gasteiger charge is 2.14. The number of aliphatic hydroxyl groups excluding tert-OH is 1. The van der Waals surface area contributed by atoms with Gasteiger partial charge in [0.25, 0.3) is 0 Å². The van der Waals surface area contributed by atoms with E-state index in [1.807, 2.05) is 0 Å². The van der Waals surface area contributed by atoms with Gasteiger partial charge in [0.2, 0.25) is 0 Å². The minimum atomic E-state index is -1.83.